The molecule has 1 aromatic heterocycles. The maximum atomic E-state index is 12.9. The first-order valence-corrected chi connectivity index (χ1v) is 13.1. The lowest BCUT2D eigenvalue weighted by molar-refractivity contribution is 0.0694. The highest BCUT2D eigenvalue weighted by Gasteiger charge is 2.24. The molecule has 2 aromatic carbocycles. The number of carbonyl (C=O) groups is 1. The average Bonchev–Trinajstić information content (AvgIpc) is 3.37. The highest BCUT2D eigenvalue weighted by molar-refractivity contribution is 7.89. The Morgan fingerprint density at radius 3 is 2.24 bits per heavy atom. The van der Waals surface area contributed by atoms with Crippen LogP contribution in [0.4, 0.5) is 0 Å². The molecule has 1 saturated heterocycles. The Balaban J connectivity index is 1.32. The van der Waals surface area contributed by atoms with Crippen molar-refractivity contribution in [2.24, 2.45) is 0 Å². The third kappa shape index (κ3) is 5.56. The summed E-state index contributed by atoms with van der Waals surface area (Å²) in [5.74, 6) is 0.00940. The minimum absolute atomic E-state index is 0.00940. The second-order valence-corrected chi connectivity index (χ2v) is 11.6. The Morgan fingerprint density at radius 2 is 1.68 bits per heavy atom. The van der Waals surface area contributed by atoms with Crippen LogP contribution in [0, 0.1) is 0 Å². The lowest BCUT2D eigenvalue weighted by Crippen LogP contribution is -2.38. The fourth-order valence-corrected chi connectivity index (χ4v) is 5.21. The lowest BCUT2D eigenvalue weighted by Gasteiger charge is -2.32. The van der Waals surface area contributed by atoms with Crippen LogP contribution < -0.4 is 4.72 Å². The van der Waals surface area contributed by atoms with Crippen LogP contribution in [0.2, 0.25) is 0 Å². The summed E-state index contributed by atoms with van der Waals surface area (Å²) in [5.41, 5.74) is 2.46. The van der Waals surface area contributed by atoms with Gasteiger partial charge in [-0.05, 0) is 53.6 Å². The predicted octanol–water partition coefficient (Wildman–Crippen LogP) is 4.14. The van der Waals surface area contributed by atoms with Crippen molar-refractivity contribution < 1.29 is 13.2 Å². The number of carbonyl (C=O) groups excluding carboxylic acids is 1. The summed E-state index contributed by atoms with van der Waals surface area (Å²) in [6.07, 6.45) is 7.38. The van der Waals surface area contributed by atoms with Crippen LogP contribution in [0.3, 0.4) is 0 Å². The van der Waals surface area contributed by atoms with Crippen molar-refractivity contribution in [3.8, 4) is 0 Å². The van der Waals surface area contributed by atoms with Crippen LogP contribution in [0.15, 0.2) is 72.1 Å². The number of nitrogens with zero attached hydrogens (tertiary/aromatic N) is 3. The van der Waals surface area contributed by atoms with Gasteiger partial charge in [-0.1, -0.05) is 45.0 Å². The predicted molar refractivity (Wildman–Crippen MR) is 132 cm³/mol. The Hall–Kier alpha value is -2.97. The summed E-state index contributed by atoms with van der Waals surface area (Å²) in [4.78, 5) is 19.1. The van der Waals surface area contributed by atoms with E-state index in [1.165, 1.54) is 0 Å². The molecule has 1 N–H and O–H groups in total. The molecule has 7 nitrogen and oxygen atoms in total. The van der Waals surface area contributed by atoms with Gasteiger partial charge in [0.1, 0.15) is 0 Å². The van der Waals surface area contributed by atoms with E-state index < -0.39 is 10.0 Å². The number of nitrogens with one attached hydrogen (secondary N) is 1. The van der Waals surface area contributed by atoms with Crippen LogP contribution in [0.1, 0.15) is 61.1 Å². The molecule has 0 saturated carbocycles. The molecule has 1 fully saturated rings. The zero-order valence-corrected chi connectivity index (χ0v) is 20.8. The molecule has 0 bridgehead atoms. The number of sulfonamides is 1. The summed E-state index contributed by atoms with van der Waals surface area (Å²) in [6.45, 7) is 7.84. The van der Waals surface area contributed by atoms with E-state index in [2.05, 4.69) is 35.0 Å². The molecular formula is C26H32N4O3S. The van der Waals surface area contributed by atoms with Gasteiger partial charge in [0.25, 0.3) is 5.91 Å². The monoisotopic (exact) mass is 480 g/mol. The van der Waals surface area contributed by atoms with Crippen molar-refractivity contribution in [3.63, 3.8) is 0 Å². The highest BCUT2D eigenvalue weighted by Crippen LogP contribution is 2.24. The lowest BCUT2D eigenvalue weighted by atomic mass is 9.87. The average molecular weight is 481 g/mol. The normalized spacial score (nSPS) is 15.4. The van der Waals surface area contributed by atoms with Crippen LogP contribution in [0.25, 0.3) is 0 Å². The Kier molecular flexibility index (Phi) is 6.91. The van der Waals surface area contributed by atoms with Crippen molar-refractivity contribution in [2.45, 2.75) is 56.5 Å². The first-order chi connectivity index (χ1) is 16.1. The minimum Gasteiger partial charge on any atom is -0.338 e. The summed E-state index contributed by atoms with van der Waals surface area (Å²) >= 11 is 0. The van der Waals surface area contributed by atoms with Crippen LogP contribution in [0.5, 0.6) is 0 Å². The maximum Gasteiger partial charge on any atom is 0.253 e. The van der Waals surface area contributed by atoms with Crippen LogP contribution in [-0.4, -0.2) is 41.9 Å². The largest absolute Gasteiger partial charge is 0.338 e. The molecule has 0 radical (unpaired) electrons. The number of benzene rings is 2. The molecule has 1 aliphatic rings. The van der Waals surface area contributed by atoms with Gasteiger partial charge in [0.2, 0.25) is 10.0 Å². The highest BCUT2D eigenvalue weighted by atomic mass is 32.2. The van der Waals surface area contributed by atoms with Crippen molar-refractivity contribution >= 4 is 15.9 Å². The number of rotatable bonds is 6. The summed E-state index contributed by atoms with van der Waals surface area (Å²) in [5, 5.41) is 0. The molecule has 3 aromatic rings. The number of piperidine rings is 1. The van der Waals surface area contributed by atoms with Gasteiger partial charge in [-0.25, -0.2) is 18.1 Å². The molecule has 0 spiro atoms. The molecule has 0 unspecified atom stereocenters. The van der Waals surface area contributed by atoms with Gasteiger partial charge >= 0.3 is 0 Å². The van der Waals surface area contributed by atoms with E-state index in [1.807, 2.05) is 29.6 Å². The van der Waals surface area contributed by atoms with Gasteiger partial charge < -0.3 is 9.47 Å². The summed E-state index contributed by atoms with van der Waals surface area (Å²) in [6, 6.07) is 14.5. The van der Waals surface area contributed by atoms with E-state index in [0.29, 0.717) is 24.7 Å². The van der Waals surface area contributed by atoms with Crippen molar-refractivity contribution in [1.29, 1.82) is 0 Å². The minimum atomic E-state index is -3.62. The second kappa shape index (κ2) is 9.72. The van der Waals surface area contributed by atoms with Crippen LogP contribution >= 0.6 is 0 Å². The quantitative estimate of drug-likeness (QED) is 0.575. The van der Waals surface area contributed by atoms with Crippen molar-refractivity contribution in [3.05, 3.63) is 83.9 Å². The zero-order chi connectivity index (χ0) is 24.3. The zero-order valence-electron chi connectivity index (χ0n) is 19.9. The summed E-state index contributed by atoms with van der Waals surface area (Å²) in [7, 11) is -3.62. The molecule has 0 atom stereocenters. The SMILES string of the molecule is CC(C)(C)c1ccc(S(=O)(=O)NCc2ccc(C(=O)N3CCC(n4ccnc4)CC3)cc2)cc1. The molecule has 34 heavy (non-hydrogen) atoms. The fraction of sp³-hybridized carbons (Fsp3) is 0.385. The van der Waals surface area contributed by atoms with Gasteiger partial charge in [0.05, 0.1) is 11.2 Å². The maximum absolute atomic E-state index is 12.9. The number of hydrogen-bond acceptors (Lipinski definition) is 4. The third-order valence-corrected chi connectivity index (χ3v) is 7.81. The van der Waals surface area contributed by atoms with Gasteiger partial charge in [-0.15, -0.1) is 0 Å². The fourth-order valence-electron chi connectivity index (χ4n) is 4.20. The molecular weight excluding hydrogens is 448 g/mol. The number of imidazole rings is 1. The van der Waals surface area contributed by atoms with E-state index in [-0.39, 0.29) is 22.8 Å². The number of likely N-dealkylation sites (tertiary alicyclic amines) is 1. The van der Waals surface area contributed by atoms with E-state index in [4.69, 9.17) is 0 Å². The molecule has 0 aliphatic carbocycles. The number of hydrogen-bond donors (Lipinski definition) is 1. The number of amides is 1. The molecule has 1 aliphatic heterocycles. The smallest absolute Gasteiger partial charge is 0.253 e. The van der Waals surface area contributed by atoms with Crippen molar-refractivity contribution in [2.75, 3.05) is 13.1 Å². The molecule has 2 heterocycles. The topological polar surface area (TPSA) is 84.3 Å². The Morgan fingerprint density at radius 1 is 1.03 bits per heavy atom. The van der Waals surface area contributed by atoms with E-state index in [0.717, 1.165) is 24.0 Å². The molecule has 4 rings (SSSR count). The van der Waals surface area contributed by atoms with Gasteiger partial charge in [-0.2, -0.15) is 0 Å². The van der Waals surface area contributed by atoms with Crippen LogP contribution in [-0.2, 0) is 22.0 Å². The molecule has 180 valence electrons. The standard InChI is InChI=1S/C26H32N4O3S/c1-26(2,3)22-8-10-24(11-9-22)34(32,33)28-18-20-4-6-21(7-5-20)25(31)29-15-12-23(13-16-29)30-17-14-27-19-30/h4-11,14,17,19,23,28H,12-13,15-16,18H2,1-3H3. The molecule has 1 amide bonds. The van der Waals surface area contributed by atoms with Gasteiger partial charge in [0.15, 0.2) is 0 Å². The first-order valence-electron chi connectivity index (χ1n) is 11.6. The van der Waals surface area contributed by atoms with E-state index >= 15 is 0 Å². The third-order valence-electron chi connectivity index (χ3n) is 6.40. The van der Waals surface area contributed by atoms with E-state index in [9.17, 15) is 13.2 Å². The first kappa shape index (κ1) is 24.2. The van der Waals surface area contributed by atoms with Gasteiger partial charge in [-0.3, -0.25) is 4.79 Å². The Bertz CT molecular complexity index is 1200. The Labute approximate surface area is 201 Å². The van der Waals surface area contributed by atoms with E-state index in [1.54, 1.807) is 42.6 Å². The number of aromatic nitrogens is 2. The van der Waals surface area contributed by atoms with Crippen molar-refractivity contribution in [1.82, 2.24) is 19.2 Å². The second-order valence-electron chi connectivity index (χ2n) is 9.83. The summed E-state index contributed by atoms with van der Waals surface area (Å²) < 4.78 is 30.1. The molecule has 8 heteroatoms. The van der Waals surface area contributed by atoms with Gasteiger partial charge in [0, 0.05) is 43.6 Å².